The van der Waals surface area contributed by atoms with Crippen LogP contribution in [-0.4, -0.2) is 88.1 Å². The Labute approximate surface area is 199 Å². The maximum atomic E-state index is 12.9. The van der Waals surface area contributed by atoms with Gasteiger partial charge in [0.2, 0.25) is 17.7 Å². The summed E-state index contributed by atoms with van der Waals surface area (Å²) in [4.78, 5) is 55.2. The third-order valence-corrected chi connectivity index (χ3v) is 5.96. The summed E-state index contributed by atoms with van der Waals surface area (Å²) in [7, 11) is 0. The molecule has 1 heterocycles. The number of nitrogens with two attached hydrogens (primary N) is 3. The number of aliphatic carboxylic acids is 1. The van der Waals surface area contributed by atoms with E-state index in [1.165, 1.54) is 11.8 Å². The molecule has 3 amide bonds. The second kappa shape index (κ2) is 13.7. The first-order chi connectivity index (χ1) is 15.9. The molecule has 1 fully saturated rings. The van der Waals surface area contributed by atoms with Gasteiger partial charge in [-0.1, -0.05) is 20.3 Å². The maximum Gasteiger partial charge on any atom is 0.326 e. The van der Waals surface area contributed by atoms with Gasteiger partial charge < -0.3 is 42.9 Å². The minimum Gasteiger partial charge on any atom is -0.480 e. The van der Waals surface area contributed by atoms with Gasteiger partial charge in [-0.2, -0.15) is 0 Å². The number of hydrogen-bond donors (Lipinski definition) is 7. The molecule has 13 nitrogen and oxygen atoms in total. The minimum atomic E-state index is -1.38. The first kappa shape index (κ1) is 29.1. The number of nitrogens with one attached hydrogen (secondary N) is 2. The van der Waals surface area contributed by atoms with Gasteiger partial charge in [-0.25, -0.2) is 4.79 Å². The summed E-state index contributed by atoms with van der Waals surface area (Å²) in [6.07, 6.45) is 0.974. The Balaban J connectivity index is 2.82. The van der Waals surface area contributed by atoms with Crippen molar-refractivity contribution in [2.24, 2.45) is 28.1 Å². The van der Waals surface area contributed by atoms with Crippen molar-refractivity contribution in [1.82, 2.24) is 15.5 Å². The van der Waals surface area contributed by atoms with Crippen molar-refractivity contribution in [2.75, 3.05) is 13.1 Å². The smallest absolute Gasteiger partial charge is 0.326 e. The predicted molar refractivity (Wildman–Crippen MR) is 125 cm³/mol. The number of aliphatic hydroxyl groups is 1. The van der Waals surface area contributed by atoms with Crippen molar-refractivity contribution >= 4 is 29.7 Å². The first-order valence-electron chi connectivity index (χ1n) is 11.5. The van der Waals surface area contributed by atoms with Crippen molar-refractivity contribution in [2.45, 2.75) is 83.1 Å². The maximum absolute atomic E-state index is 12.9. The highest BCUT2D eigenvalue weighted by Gasteiger charge is 2.39. The molecule has 6 atom stereocenters. The molecule has 1 aliphatic heterocycles. The van der Waals surface area contributed by atoms with Crippen LogP contribution in [0, 0.1) is 5.92 Å². The number of aliphatic imine (C=N–C) groups is 1. The van der Waals surface area contributed by atoms with E-state index in [2.05, 4.69) is 15.6 Å². The minimum absolute atomic E-state index is 0.0493. The fourth-order valence-corrected chi connectivity index (χ4v) is 3.74. The molecule has 34 heavy (non-hydrogen) atoms. The lowest BCUT2D eigenvalue weighted by Crippen LogP contribution is -2.60. The summed E-state index contributed by atoms with van der Waals surface area (Å²) >= 11 is 0. The van der Waals surface area contributed by atoms with Crippen LogP contribution in [0.3, 0.4) is 0 Å². The molecule has 1 rings (SSSR count). The molecular weight excluding hydrogens is 446 g/mol. The predicted octanol–water partition coefficient (Wildman–Crippen LogP) is -2.16. The number of likely N-dealkylation sites (tertiary alicyclic amines) is 1. The van der Waals surface area contributed by atoms with E-state index < -0.39 is 54.0 Å². The van der Waals surface area contributed by atoms with Crippen molar-refractivity contribution in [1.29, 1.82) is 0 Å². The highest BCUT2D eigenvalue weighted by molar-refractivity contribution is 5.94. The Hall–Kier alpha value is -2.93. The fraction of sp³-hybridized carbons (Fsp3) is 0.762. The normalized spacial score (nSPS) is 19.9. The number of carboxylic acids is 1. The molecule has 6 unspecified atom stereocenters. The van der Waals surface area contributed by atoms with Crippen molar-refractivity contribution in [3.05, 3.63) is 0 Å². The van der Waals surface area contributed by atoms with Crippen LogP contribution in [0.15, 0.2) is 4.99 Å². The number of amides is 3. The van der Waals surface area contributed by atoms with Crippen LogP contribution in [-0.2, 0) is 19.2 Å². The Morgan fingerprint density at radius 1 is 1.15 bits per heavy atom. The molecule has 10 N–H and O–H groups in total. The summed E-state index contributed by atoms with van der Waals surface area (Å²) in [5.41, 5.74) is 16.5. The standard InChI is InChI=1S/C21H39N7O6/c1-4-11(2)15(20(33)34)26-18(31)16(12(3)29)27-17(30)14-8-6-10-28(14)19(32)13(22)7-5-9-25-21(23)24/h11-16,29H,4-10,22H2,1-3H3,(H,26,31)(H,27,30)(H,33,34)(H4,23,24,25). The van der Waals surface area contributed by atoms with Crippen molar-refractivity contribution < 1.29 is 29.4 Å². The van der Waals surface area contributed by atoms with Crippen LogP contribution in [0.1, 0.15) is 52.9 Å². The lowest BCUT2D eigenvalue weighted by molar-refractivity contribution is -0.145. The molecule has 0 radical (unpaired) electrons. The molecule has 13 heteroatoms. The van der Waals surface area contributed by atoms with E-state index >= 15 is 0 Å². The van der Waals surface area contributed by atoms with E-state index in [9.17, 15) is 29.4 Å². The molecule has 0 bridgehead atoms. The highest BCUT2D eigenvalue weighted by Crippen LogP contribution is 2.19. The lowest BCUT2D eigenvalue weighted by atomic mass is 9.98. The van der Waals surface area contributed by atoms with Crippen LogP contribution < -0.4 is 27.8 Å². The summed E-state index contributed by atoms with van der Waals surface area (Å²) in [6.45, 7) is 5.44. The van der Waals surface area contributed by atoms with Crippen LogP contribution in [0.25, 0.3) is 0 Å². The zero-order valence-corrected chi connectivity index (χ0v) is 20.1. The van der Waals surface area contributed by atoms with Gasteiger partial charge in [0.05, 0.1) is 12.1 Å². The number of guanidine groups is 1. The number of nitrogens with zero attached hydrogens (tertiary/aromatic N) is 2. The molecule has 0 spiro atoms. The van der Waals surface area contributed by atoms with E-state index in [0.29, 0.717) is 45.2 Å². The van der Waals surface area contributed by atoms with Crippen LogP contribution in [0.4, 0.5) is 0 Å². The molecule has 1 saturated heterocycles. The average Bonchev–Trinajstić information content (AvgIpc) is 3.26. The third-order valence-electron chi connectivity index (χ3n) is 5.96. The van der Waals surface area contributed by atoms with Gasteiger partial charge in [0.1, 0.15) is 18.1 Å². The van der Waals surface area contributed by atoms with Gasteiger partial charge >= 0.3 is 5.97 Å². The van der Waals surface area contributed by atoms with E-state index in [4.69, 9.17) is 17.2 Å². The summed E-state index contributed by atoms with van der Waals surface area (Å²) in [5, 5.41) is 24.4. The monoisotopic (exact) mass is 485 g/mol. The number of hydrogen-bond acceptors (Lipinski definition) is 7. The summed E-state index contributed by atoms with van der Waals surface area (Å²) in [6, 6.07) is -4.25. The topological polar surface area (TPSA) is 226 Å². The number of rotatable bonds is 13. The van der Waals surface area contributed by atoms with Crippen molar-refractivity contribution in [3.63, 3.8) is 0 Å². The Morgan fingerprint density at radius 2 is 1.79 bits per heavy atom. The van der Waals surface area contributed by atoms with Gasteiger partial charge in [0.25, 0.3) is 0 Å². The molecule has 0 saturated carbocycles. The largest absolute Gasteiger partial charge is 0.480 e. The van der Waals surface area contributed by atoms with Crippen molar-refractivity contribution in [3.8, 4) is 0 Å². The summed E-state index contributed by atoms with van der Waals surface area (Å²) in [5.74, 6) is -3.45. The molecule has 1 aliphatic rings. The van der Waals surface area contributed by atoms with Crippen LogP contribution in [0.5, 0.6) is 0 Å². The van der Waals surface area contributed by atoms with Gasteiger partial charge in [0, 0.05) is 13.1 Å². The van der Waals surface area contributed by atoms with E-state index in [1.54, 1.807) is 13.8 Å². The van der Waals surface area contributed by atoms with Gasteiger partial charge in [-0.05, 0) is 38.5 Å². The number of carbonyl (C=O) groups is 4. The van der Waals surface area contributed by atoms with Crippen LogP contribution >= 0.6 is 0 Å². The first-order valence-corrected chi connectivity index (χ1v) is 11.5. The molecule has 0 aromatic rings. The summed E-state index contributed by atoms with van der Waals surface area (Å²) < 4.78 is 0. The molecular formula is C21H39N7O6. The molecule has 0 aliphatic carbocycles. The SMILES string of the molecule is CCC(C)C(NC(=O)C(NC(=O)C1CCCN1C(=O)C(N)CCCN=C(N)N)C(C)O)C(=O)O. The highest BCUT2D eigenvalue weighted by atomic mass is 16.4. The van der Waals surface area contributed by atoms with Crippen LogP contribution in [0.2, 0.25) is 0 Å². The lowest BCUT2D eigenvalue weighted by Gasteiger charge is -2.30. The number of carbonyl (C=O) groups excluding carboxylic acids is 3. The number of aliphatic hydroxyl groups excluding tert-OH is 1. The van der Waals surface area contributed by atoms with E-state index in [1.807, 2.05) is 0 Å². The Kier molecular flexibility index (Phi) is 11.7. The third kappa shape index (κ3) is 8.45. The second-order valence-corrected chi connectivity index (χ2v) is 8.68. The zero-order chi connectivity index (χ0) is 26.0. The molecule has 0 aromatic heterocycles. The molecule has 194 valence electrons. The zero-order valence-electron chi connectivity index (χ0n) is 20.1. The van der Waals surface area contributed by atoms with E-state index in [-0.39, 0.29) is 11.9 Å². The van der Waals surface area contributed by atoms with Gasteiger partial charge in [0.15, 0.2) is 5.96 Å². The van der Waals surface area contributed by atoms with Gasteiger partial charge in [-0.3, -0.25) is 19.4 Å². The molecule has 0 aromatic carbocycles. The quantitative estimate of drug-likeness (QED) is 0.0854. The second-order valence-electron chi connectivity index (χ2n) is 8.68. The fourth-order valence-electron chi connectivity index (χ4n) is 3.74. The average molecular weight is 486 g/mol. The Bertz CT molecular complexity index is 756. The number of carboxylic acid groups (broad SMARTS) is 1. The van der Waals surface area contributed by atoms with E-state index in [0.717, 1.165) is 0 Å². The Morgan fingerprint density at radius 3 is 2.32 bits per heavy atom. The van der Waals surface area contributed by atoms with Gasteiger partial charge in [-0.15, -0.1) is 0 Å².